The monoisotopic (exact) mass is 197 g/mol. The van der Waals surface area contributed by atoms with Gasteiger partial charge in [-0.3, -0.25) is 0 Å². The lowest BCUT2D eigenvalue weighted by Gasteiger charge is -2.08. The van der Waals surface area contributed by atoms with Crippen molar-refractivity contribution in [1.29, 1.82) is 0 Å². The van der Waals surface area contributed by atoms with Crippen LogP contribution in [-0.2, 0) is 9.78 Å². The second-order valence-electron chi connectivity index (χ2n) is 2.95. The van der Waals surface area contributed by atoms with Gasteiger partial charge >= 0.3 is 0 Å². The summed E-state index contributed by atoms with van der Waals surface area (Å²) in [5.41, 5.74) is 6.35. The van der Waals surface area contributed by atoms with E-state index in [1.165, 1.54) is 13.3 Å². The number of hydrogen-bond acceptors (Lipinski definition) is 6. The molecule has 0 aromatic carbocycles. The summed E-state index contributed by atoms with van der Waals surface area (Å²) in [5, 5.41) is 0. The fraction of sp³-hybridized carbons (Fsp3) is 0.500. The predicted octanol–water partition coefficient (Wildman–Crippen LogP) is 0.113. The van der Waals surface area contributed by atoms with E-state index in [2.05, 4.69) is 9.97 Å². The fourth-order valence-electron chi connectivity index (χ4n) is 1.26. The topological polar surface area (TPSA) is 79.5 Å². The van der Waals surface area contributed by atoms with Crippen molar-refractivity contribution in [3.63, 3.8) is 0 Å². The van der Waals surface area contributed by atoms with Gasteiger partial charge in [-0.2, -0.15) is 0 Å². The van der Waals surface area contributed by atoms with Crippen molar-refractivity contribution in [3.8, 4) is 5.88 Å². The second-order valence-corrected chi connectivity index (χ2v) is 2.95. The smallest absolute Gasteiger partial charge is 0.232 e. The molecule has 2 heterocycles. The van der Waals surface area contributed by atoms with Crippen LogP contribution < -0.4 is 10.5 Å². The van der Waals surface area contributed by atoms with E-state index in [4.69, 9.17) is 20.2 Å². The second kappa shape index (κ2) is 3.77. The molecule has 1 aromatic rings. The highest BCUT2D eigenvalue weighted by atomic mass is 17.2. The van der Waals surface area contributed by atoms with Gasteiger partial charge in [0.1, 0.15) is 5.82 Å². The molecular formula is C8H11N3O3. The maximum Gasteiger partial charge on any atom is 0.232 e. The van der Waals surface area contributed by atoms with Gasteiger partial charge in [0.25, 0.3) is 0 Å². The highest BCUT2D eigenvalue weighted by Crippen LogP contribution is 2.25. The van der Waals surface area contributed by atoms with Crippen LogP contribution in [0.15, 0.2) is 6.20 Å². The van der Waals surface area contributed by atoms with Gasteiger partial charge in [0.05, 0.1) is 38.1 Å². The van der Waals surface area contributed by atoms with Crippen LogP contribution in [0.1, 0.15) is 11.6 Å². The largest absolute Gasteiger partial charge is 0.480 e. The van der Waals surface area contributed by atoms with Crippen LogP contribution in [0.5, 0.6) is 5.88 Å². The normalized spacial score (nSPS) is 17.2. The lowest BCUT2D eigenvalue weighted by molar-refractivity contribution is -0.248. The van der Waals surface area contributed by atoms with Crippen molar-refractivity contribution in [2.45, 2.75) is 5.92 Å². The van der Waals surface area contributed by atoms with Gasteiger partial charge in [-0.1, -0.05) is 0 Å². The van der Waals surface area contributed by atoms with Crippen molar-refractivity contribution in [2.75, 3.05) is 26.1 Å². The van der Waals surface area contributed by atoms with Crippen molar-refractivity contribution in [1.82, 2.24) is 9.97 Å². The number of nitrogens with two attached hydrogens (primary N) is 1. The van der Waals surface area contributed by atoms with Crippen LogP contribution in [0, 0.1) is 0 Å². The van der Waals surface area contributed by atoms with E-state index < -0.39 is 0 Å². The Morgan fingerprint density at radius 3 is 2.86 bits per heavy atom. The Hall–Kier alpha value is -1.40. The molecule has 76 valence electrons. The Morgan fingerprint density at radius 1 is 1.50 bits per heavy atom. The average Bonchev–Trinajstić information content (AvgIpc) is 2.71. The van der Waals surface area contributed by atoms with Gasteiger partial charge in [-0.15, -0.1) is 0 Å². The minimum absolute atomic E-state index is 0.0394. The third-order valence-electron chi connectivity index (χ3n) is 2.02. The maximum absolute atomic E-state index is 5.68. The molecule has 6 nitrogen and oxygen atoms in total. The Morgan fingerprint density at radius 2 is 2.21 bits per heavy atom. The molecule has 1 aliphatic heterocycles. The summed E-state index contributed by atoms with van der Waals surface area (Å²) in [6.45, 7) is 0.901. The summed E-state index contributed by atoms with van der Waals surface area (Å²) in [6, 6.07) is 0. The Bertz CT molecular complexity index is 326. The van der Waals surface area contributed by atoms with E-state index >= 15 is 0 Å². The molecule has 1 aliphatic rings. The maximum atomic E-state index is 5.68. The first-order valence-corrected chi connectivity index (χ1v) is 4.22. The SMILES string of the molecule is COc1cnc(N)c(C2COOC2)n1. The van der Waals surface area contributed by atoms with E-state index in [0.717, 1.165) is 0 Å². The zero-order chi connectivity index (χ0) is 9.97. The zero-order valence-corrected chi connectivity index (χ0v) is 7.77. The number of nitrogen functional groups attached to an aromatic ring is 1. The van der Waals surface area contributed by atoms with Gasteiger partial charge in [-0.25, -0.2) is 19.7 Å². The molecule has 0 radical (unpaired) electrons. The van der Waals surface area contributed by atoms with Crippen LogP contribution in [0.3, 0.4) is 0 Å². The van der Waals surface area contributed by atoms with Crippen LogP contribution >= 0.6 is 0 Å². The zero-order valence-electron chi connectivity index (χ0n) is 7.77. The Balaban J connectivity index is 2.29. The molecule has 0 aliphatic carbocycles. The number of rotatable bonds is 2. The standard InChI is InChI=1S/C8H11N3O3/c1-12-6-2-10-8(9)7(11-6)5-3-13-14-4-5/h2,5H,3-4H2,1H3,(H2,9,10). The lowest BCUT2D eigenvalue weighted by atomic mass is 10.1. The average molecular weight is 197 g/mol. The van der Waals surface area contributed by atoms with Crippen molar-refractivity contribution in [3.05, 3.63) is 11.9 Å². The summed E-state index contributed by atoms with van der Waals surface area (Å²) in [4.78, 5) is 17.7. The van der Waals surface area contributed by atoms with Gasteiger partial charge in [0.15, 0.2) is 0 Å². The summed E-state index contributed by atoms with van der Waals surface area (Å²) in [7, 11) is 1.53. The van der Waals surface area contributed by atoms with Crippen LogP contribution in [0.4, 0.5) is 5.82 Å². The number of hydrogen-bond donors (Lipinski definition) is 1. The lowest BCUT2D eigenvalue weighted by Crippen LogP contribution is -2.10. The molecule has 2 N–H and O–H groups in total. The molecule has 1 saturated heterocycles. The first kappa shape index (κ1) is 9.17. The van der Waals surface area contributed by atoms with Crippen molar-refractivity contribution in [2.24, 2.45) is 0 Å². The molecule has 14 heavy (non-hydrogen) atoms. The number of aromatic nitrogens is 2. The highest BCUT2D eigenvalue weighted by molar-refractivity contribution is 5.38. The van der Waals surface area contributed by atoms with Gasteiger partial charge in [0.2, 0.25) is 5.88 Å². The Kier molecular flexibility index (Phi) is 2.47. The first-order chi connectivity index (χ1) is 6.81. The van der Waals surface area contributed by atoms with Gasteiger partial charge in [-0.05, 0) is 0 Å². The highest BCUT2D eigenvalue weighted by Gasteiger charge is 2.24. The van der Waals surface area contributed by atoms with Crippen molar-refractivity contribution >= 4 is 5.82 Å². The van der Waals surface area contributed by atoms with E-state index in [9.17, 15) is 0 Å². The van der Waals surface area contributed by atoms with Crippen LogP contribution in [0.2, 0.25) is 0 Å². The molecule has 6 heteroatoms. The molecule has 2 rings (SSSR count). The number of anilines is 1. The molecule has 0 unspecified atom stereocenters. The van der Waals surface area contributed by atoms with E-state index in [1.54, 1.807) is 0 Å². The molecule has 0 saturated carbocycles. The molecule has 0 amide bonds. The first-order valence-electron chi connectivity index (χ1n) is 4.22. The summed E-state index contributed by atoms with van der Waals surface area (Å²) in [6.07, 6.45) is 1.48. The van der Waals surface area contributed by atoms with E-state index in [1.807, 2.05) is 0 Å². The third kappa shape index (κ3) is 1.61. The minimum Gasteiger partial charge on any atom is -0.480 e. The van der Waals surface area contributed by atoms with Crippen molar-refractivity contribution < 1.29 is 14.5 Å². The predicted molar refractivity (Wildman–Crippen MR) is 47.6 cm³/mol. The molecule has 0 bridgehead atoms. The third-order valence-corrected chi connectivity index (χ3v) is 2.02. The quantitative estimate of drug-likeness (QED) is 0.678. The Labute approximate surface area is 80.9 Å². The minimum atomic E-state index is 0.0394. The van der Waals surface area contributed by atoms with Crippen LogP contribution in [-0.4, -0.2) is 30.3 Å². The van der Waals surface area contributed by atoms with E-state index in [0.29, 0.717) is 30.6 Å². The molecule has 1 aromatic heterocycles. The number of ether oxygens (including phenoxy) is 1. The van der Waals surface area contributed by atoms with Gasteiger partial charge in [0, 0.05) is 0 Å². The van der Waals surface area contributed by atoms with E-state index in [-0.39, 0.29) is 5.92 Å². The number of nitrogens with zero attached hydrogens (tertiary/aromatic N) is 2. The summed E-state index contributed by atoms with van der Waals surface area (Å²) in [5.74, 6) is 0.878. The van der Waals surface area contributed by atoms with Crippen LogP contribution in [0.25, 0.3) is 0 Å². The van der Waals surface area contributed by atoms with Gasteiger partial charge < -0.3 is 10.5 Å². The molecule has 0 atom stereocenters. The summed E-state index contributed by atoms with van der Waals surface area (Å²) < 4.78 is 4.96. The fourth-order valence-corrected chi connectivity index (χ4v) is 1.26. The molecule has 0 spiro atoms. The molecular weight excluding hydrogens is 186 g/mol. The summed E-state index contributed by atoms with van der Waals surface area (Å²) >= 11 is 0. The number of methoxy groups -OCH3 is 1. The molecule has 1 fully saturated rings.